The second kappa shape index (κ2) is 10.7. The van der Waals surface area contributed by atoms with Crippen LogP contribution in [0.4, 0.5) is 0 Å². The fourth-order valence-corrected chi connectivity index (χ4v) is 13.2. The molecule has 0 aromatic heterocycles. The second-order valence-corrected chi connectivity index (χ2v) is 19.4. The molecule has 0 radical (unpaired) electrons. The first-order valence-electron chi connectivity index (χ1n) is 22.4. The first kappa shape index (κ1) is 33.7. The van der Waals surface area contributed by atoms with E-state index in [1.165, 1.54) is 195 Å². The van der Waals surface area contributed by atoms with Crippen molar-refractivity contribution in [1.29, 1.82) is 0 Å². The summed E-state index contributed by atoms with van der Waals surface area (Å²) in [4.78, 5) is 0. The van der Waals surface area contributed by atoms with Gasteiger partial charge in [-0.25, -0.2) is 0 Å². The summed E-state index contributed by atoms with van der Waals surface area (Å²) in [5.74, 6) is 0. The van der Waals surface area contributed by atoms with Crippen LogP contribution in [0.5, 0.6) is 0 Å². The highest BCUT2D eigenvalue weighted by Gasteiger charge is 2.32. The molecule has 0 saturated heterocycles. The Morgan fingerprint density at radius 3 is 1.02 bits per heavy atom. The molecule has 4 aliphatic carbocycles. The molecule has 0 nitrogen and oxygen atoms in total. The number of hydrogen-bond donors (Lipinski definition) is 0. The Morgan fingerprint density at radius 2 is 0.581 bits per heavy atom. The fraction of sp³-hybridized carbons (Fsp3) is 0.129. The Hall–Kier alpha value is -7.02. The van der Waals surface area contributed by atoms with E-state index < -0.39 is 0 Å². The summed E-state index contributed by atoms with van der Waals surface area (Å²) in [6.07, 6.45) is 0. The van der Waals surface area contributed by atoms with E-state index in [1.807, 2.05) is 0 Å². The van der Waals surface area contributed by atoms with Crippen LogP contribution in [0.25, 0.3) is 109 Å². The van der Waals surface area contributed by atoms with Crippen molar-refractivity contribution in [2.45, 2.75) is 55.4 Å². The van der Waals surface area contributed by atoms with Gasteiger partial charge in [0.05, 0.1) is 0 Å². The lowest BCUT2D eigenvalue weighted by atomic mass is 9.85. The molecule has 0 N–H and O–H groups in total. The van der Waals surface area contributed by atoms with Gasteiger partial charge in [-0.2, -0.15) is 0 Å². The first-order valence-corrected chi connectivity index (χ1v) is 22.4. The van der Waals surface area contributed by atoms with E-state index >= 15 is 0 Å². The molecule has 0 heteroatoms. The van der Waals surface area contributed by atoms with Gasteiger partial charge in [0, 0.05) is 0 Å². The van der Waals surface area contributed by atoms with Gasteiger partial charge in [0.15, 0.2) is 0 Å². The molecule has 15 rings (SSSR count). The molecule has 11 aromatic carbocycles. The number of hydrogen-bond acceptors (Lipinski definition) is 0. The highest BCUT2D eigenvalue weighted by Crippen LogP contribution is 2.59. The van der Waals surface area contributed by atoms with E-state index in [4.69, 9.17) is 0 Å². The van der Waals surface area contributed by atoms with E-state index in [9.17, 15) is 0 Å². The summed E-state index contributed by atoms with van der Waals surface area (Å²) < 4.78 is 0. The Balaban J connectivity index is 1.01. The van der Waals surface area contributed by atoms with E-state index in [2.05, 4.69) is 165 Å². The van der Waals surface area contributed by atoms with Crippen molar-refractivity contribution in [2.75, 3.05) is 0 Å². The molecular weight excluding hydrogens is 745 g/mol. The summed E-state index contributed by atoms with van der Waals surface area (Å²) in [6.45, 7) is 18.5. The minimum atomic E-state index is 1.33. The van der Waals surface area contributed by atoms with Gasteiger partial charge >= 0.3 is 0 Å². The molecule has 290 valence electrons. The molecule has 62 heavy (non-hydrogen) atoms. The van der Waals surface area contributed by atoms with Gasteiger partial charge in [-0.3, -0.25) is 0 Å². The summed E-state index contributed by atoms with van der Waals surface area (Å²) in [5, 5.41) is 27.6. The van der Waals surface area contributed by atoms with E-state index in [0.717, 1.165) is 0 Å². The summed E-state index contributed by atoms with van der Waals surface area (Å²) >= 11 is 0. The molecule has 0 unspecified atom stereocenters. The van der Waals surface area contributed by atoms with Gasteiger partial charge < -0.3 is 0 Å². The molecule has 0 aliphatic heterocycles. The Morgan fingerprint density at radius 1 is 0.242 bits per heavy atom. The SMILES string of the molecule is Cc1cc2cc3c(cc2cc1C)-c1ccc2c4c(ccc-3c14)-c1c-2c(C)c2cc3c(C)c4c(c(C)c3cc2c1C)=c1ccc2c3c(ccc=4c13)=c1cc3cc(C)c(C)cc3cc1=2. The number of rotatable bonds is 0. The summed E-state index contributed by atoms with van der Waals surface area (Å²) in [6, 6.07) is 43.8. The van der Waals surface area contributed by atoms with Crippen LogP contribution in [-0.4, -0.2) is 0 Å². The average molecular weight is 787 g/mol. The molecule has 0 spiro atoms. The second-order valence-electron chi connectivity index (χ2n) is 19.4. The molecule has 4 aliphatic rings. The Bertz CT molecular complexity index is 4340. The predicted octanol–water partition coefficient (Wildman–Crippen LogP) is 16.1. The highest BCUT2D eigenvalue weighted by molar-refractivity contribution is 6.29. The lowest BCUT2D eigenvalue weighted by Gasteiger charge is -2.18. The van der Waals surface area contributed by atoms with Crippen molar-refractivity contribution in [3.8, 4) is 44.5 Å². The van der Waals surface area contributed by atoms with Crippen molar-refractivity contribution in [3.05, 3.63) is 195 Å². The Kier molecular flexibility index (Phi) is 5.81. The van der Waals surface area contributed by atoms with Crippen LogP contribution in [0.2, 0.25) is 0 Å². The van der Waals surface area contributed by atoms with Crippen LogP contribution < -0.4 is 0 Å². The third kappa shape index (κ3) is 3.69. The minimum Gasteiger partial charge on any atom is -0.0531 e. The number of aryl methyl sites for hydroxylation is 8. The van der Waals surface area contributed by atoms with E-state index in [0.29, 0.717) is 0 Å². The van der Waals surface area contributed by atoms with Crippen LogP contribution in [0.3, 0.4) is 0 Å². The van der Waals surface area contributed by atoms with Crippen LogP contribution in [0.15, 0.2) is 109 Å². The van der Waals surface area contributed by atoms with Crippen LogP contribution in [0.1, 0.15) is 44.5 Å². The lowest BCUT2D eigenvalue weighted by molar-refractivity contribution is 1.34. The standard InChI is InChI=1S/C62H42/c1-27-17-35-21-51-39-9-13-43-55-31(5)47-25-49-33(7)57-45-15-11-41-53-23-37-19-29(3)30(4)20-38(37)24-54(53)42-12-16-46(62(45)60(41)42)58(57)34(8)50(49)26-48(47)32(6)56(55)44-14-10-40(59(39)61(43)44)52(51)22-36(35)18-28(27)2/h9-26H,1-8H3. The smallest absolute Gasteiger partial charge is 0.00137 e. The topological polar surface area (TPSA) is 0 Å². The van der Waals surface area contributed by atoms with Crippen molar-refractivity contribution in [2.24, 2.45) is 0 Å². The molecule has 0 heterocycles. The molecule has 0 bridgehead atoms. The normalized spacial score (nSPS) is 13.2. The van der Waals surface area contributed by atoms with Gasteiger partial charge in [-0.15, -0.1) is 0 Å². The lowest BCUT2D eigenvalue weighted by Crippen LogP contribution is -1.95. The van der Waals surface area contributed by atoms with Crippen molar-refractivity contribution in [3.63, 3.8) is 0 Å². The number of fused-ring (bicyclic) bond motifs is 12. The third-order valence-corrected chi connectivity index (χ3v) is 16.5. The van der Waals surface area contributed by atoms with Gasteiger partial charge in [0.2, 0.25) is 0 Å². The zero-order valence-corrected chi connectivity index (χ0v) is 36.4. The maximum absolute atomic E-state index is 2.56. The van der Waals surface area contributed by atoms with Crippen LogP contribution in [0, 0.1) is 97.1 Å². The van der Waals surface area contributed by atoms with Gasteiger partial charge in [0.1, 0.15) is 0 Å². The number of benzene rings is 11. The minimum absolute atomic E-state index is 1.33. The predicted molar refractivity (Wildman–Crippen MR) is 262 cm³/mol. The van der Waals surface area contributed by atoms with E-state index in [-0.39, 0.29) is 0 Å². The summed E-state index contributed by atoms with van der Waals surface area (Å²) in [7, 11) is 0. The van der Waals surface area contributed by atoms with Crippen molar-refractivity contribution >= 4 is 64.6 Å². The molecule has 0 amide bonds. The maximum Gasteiger partial charge on any atom is -0.00137 e. The maximum atomic E-state index is 2.56. The van der Waals surface area contributed by atoms with Gasteiger partial charge in [-0.1, -0.05) is 72.8 Å². The quantitative estimate of drug-likeness (QED) is 0.134. The molecule has 0 fully saturated rings. The van der Waals surface area contributed by atoms with Crippen molar-refractivity contribution < 1.29 is 0 Å². The third-order valence-electron chi connectivity index (χ3n) is 16.5. The van der Waals surface area contributed by atoms with Crippen LogP contribution >= 0.6 is 0 Å². The highest BCUT2D eigenvalue weighted by atomic mass is 14.4. The first-order chi connectivity index (χ1) is 30.0. The average Bonchev–Trinajstić information content (AvgIpc) is 3.98. The fourth-order valence-electron chi connectivity index (χ4n) is 13.2. The van der Waals surface area contributed by atoms with Gasteiger partial charge in [-0.05, 0) is 287 Å². The zero-order valence-electron chi connectivity index (χ0n) is 36.4. The van der Waals surface area contributed by atoms with Crippen LogP contribution in [-0.2, 0) is 0 Å². The van der Waals surface area contributed by atoms with E-state index in [1.54, 1.807) is 0 Å². The largest absolute Gasteiger partial charge is 0.0531 e. The summed E-state index contributed by atoms with van der Waals surface area (Å²) in [5.41, 5.74) is 22.1. The molecule has 0 saturated carbocycles. The van der Waals surface area contributed by atoms with Crippen molar-refractivity contribution in [1.82, 2.24) is 0 Å². The molecule has 11 aromatic rings. The monoisotopic (exact) mass is 786 g/mol. The zero-order chi connectivity index (χ0) is 41.5. The Labute approximate surface area is 358 Å². The molecular formula is C62H42. The van der Waals surface area contributed by atoms with Gasteiger partial charge in [0.25, 0.3) is 0 Å². The molecule has 0 atom stereocenters.